The first-order valence-electron chi connectivity index (χ1n) is 9.42. The average Bonchev–Trinajstić information content (AvgIpc) is 2.78. The van der Waals surface area contributed by atoms with Crippen molar-refractivity contribution in [3.63, 3.8) is 0 Å². The van der Waals surface area contributed by atoms with Crippen LogP contribution in [0.25, 0.3) is 0 Å². The molecule has 0 aliphatic carbocycles. The third-order valence-electron chi connectivity index (χ3n) is 5.01. The number of amides is 1. The molecule has 8 nitrogen and oxygen atoms in total. The third-order valence-corrected chi connectivity index (χ3v) is 6.87. The molecular formula is C21H23N3O5S. The standard InChI is InChI=1S/C21H23N3O5S/c1-28-19-9-8-18(12-20(19)29-2)30(26,27)24-10-4-6-16(14-24)21(25)23-17-7-3-5-15(11-17)13-22/h3,5,7-9,11-12,16H,4,6,10,14H2,1-2H3,(H,23,25). The van der Waals surface area contributed by atoms with E-state index in [1.54, 1.807) is 30.3 Å². The van der Waals surface area contributed by atoms with Gasteiger partial charge >= 0.3 is 0 Å². The van der Waals surface area contributed by atoms with Crippen LogP contribution in [0, 0.1) is 17.2 Å². The number of carbonyl (C=O) groups is 1. The lowest BCUT2D eigenvalue weighted by Crippen LogP contribution is -2.43. The number of carbonyl (C=O) groups excluding carboxylic acids is 1. The minimum Gasteiger partial charge on any atom is -0.493 e. The Labute approximate surface area is 176 Å². The normalized spacial score (nSPS) is 17.0. The lowest BCUT2D eigenvalue weighted by molar-refractivity contribution is -0.120. The summed E-state index contributed by atoms with van der Waals surface area (Å²) < 4.78 is 38.0. The van der Waals surface area contributed by atoms with Crippen molar-refractivity contribution in [3.05, 3.63) is 48.0 Å². The van der Waals surface area contributed by atoms with Gasteiger partial charge in [-0.3, -0.25) is 4.79 Å². The second-order valence-electron chi connectivity index (χ2n) is 6.90. The molecule has 1 saturated heterocycles. The number of ether oxygens (including phenoxy) is 2. The van der Waals surface area contributed by atoms with Crippen molar-refractivity contribution in [3.8, 4) is 17.6 Å². The molecule has 158 valence electrons. The first-order chi connectivity index (χ1) is 14.4. The second-order valence-corrected chi connectivity index (χ2v) is 8.84. The smallest absolute Gasteiger partial charge is 0.243 e. The van der Waals surface area contributed by atoms with E-state index in [1.807, 2.05) is 6.07 Å². The number of methoxy groups -OCH3 is 2. The average molecular weight is 429 g/mol. The molecule has 2 aromatic carbocycles. The molecule has 1 aliphatic heterocycles. The molecule has 1 fully saturated rings. The van der Waals surface area contributed by atoms with E-state index in [-0.39, 0.29) is 17.3 Å². The van der Waals surface area contributed by atoms with Gasteiger partial charge in [0.1, 0.15) is 0 Å². The fourth-order valence-corrected chi connectivity index (χ4v) is 4.95. The van der Waals surface area contributed by atoms with Crippen LogP contribution in [0.15, 0.2) is 47.4 Å². The highest BCUT2D eigenvalue weighted by molar-refractivity contribution is 7.89. The molecule has 0 spiro atoms. The Hall–Kier alpha value is -3.09. The van der Waals surface area contributed by atoms with Crippen LogP contribution in [-0.4, -0.2) is 45.9 Å². The zero-order valence-corrected chi connectivity index (χ0v) is 17.6. The Kier molecular flexibility index (Phi) is 6.59. The van der Waals surface area contributed by atoms with Gasteiger partial charge in [-0.25, -0.2) is 8.42 Å². The molecule has 1 N–H and O–H groups in total. The second kappa shape index (κ2) is 9.15. The lowest BCUT2D eigenvalue weighted by atomic mass is 9.98. The minimum atomic E-state index is -3.79. The number of nitriles is 1. The predicted octanol–water partition coefficient (Wildman–Crippen LogP) is 2.61. The van der Waals surface area contributed by atoms with Crippen LogP contribution >= 0.6 is 0 Å². The number of sulfonamides is 1. The third kappa shape index (κ3) is 4.56. The highest BCUT2D eigenvalue weighted by Crippen LogP contribution is 2.32. The molecule has 9 heteroatoms. The summed E-state index contributed by atoms with van der Waals surface area (Å²) in [6.07, 6.45) is 1.16. The zero-order chi connectivity index (χ0) is 21.7. The number of hydrogen-bond acceptors (Lipinski definition) is 6. The highest BCUT2D eigenvalue weighted by Gasteiger charge is 2.33. The molecular weight excluding hydrogens is 406 g/mol. The maximum absolute atomic E-state index is 13.1. The van der Waals surface area contributed by atoms with Gasteiger partial charge in [-0.2, -0.15) is 9.57 Å². The van der Waals surface area contributed by atoms with Crippen molar-refractivity contribution >= 4 is 21.6 Å². The van der Waals surface area contributed by atoms with Crippen LogP contribution in [0.2, 0.25) is 0 Å². The van der Waals surface area contributed by atoms with Crippen LogP contribution in [0.5, 0.6) is 11.5 Å². The van der Waals surface area contributed by atoms with Gasteiger partial charge in [-0.1, -0.05) is 6.07 Å². The van der Waals surface area contributed by atoms with Crippen LogP contribution in [0.3, 0.4) is 0 Å². The number of benzene rings is 2. The summed E-state index contributed by atoms with van der Waals surface area (Å²) in [6, 6.07) is 13.1. The van der Waals surface area contributed by atoms with E-state index in [0.717, 1.165) is 0 Å². The van der Waals surface area contributed by atoms with E-state index in [1.165, 1.54) is 30.7 Å². The minimum absolute atomic E-state index is 0.0838. The number of nitrogens with one attached hydrogen (secondary N) is 1. The number of rotatable bonds is 6. The molecule has 30 heavy (non-hydrogen) atoms. The van der Waals surface area contributed by atoms with E-state index < -0.39 is 15.9 Å². The van der Waals surface area contributed by atoms with Crippen molar-refractivity contribution in [2.75, 3.05) is 32.6 Å². The molecule has 1 aliphatic rings. The monoisotopic (exact) mass is 429 g/mol. The van der Waals surface area contributed by atoms with Crippen molar-refractivity contribution in [1.82, 2.24) is 4.31 Å². The molecule has 0 saturated carbocycles. The van der Waals surface area contributed by atoms with Gasteiger partial charge in [0.2, 0.25) is 15.9 Å². The predicted molar refractivity (Wildman–Crippen MR) is 111 cm³/mol. The van der Waals surface area contributed by atoms with Crippen LogP contribution < -0.4 is 14.8 Å². The van der Waals surface area contributed by atoms with Crippen LogP contribution in [-0.2, 0) is 14.8 Å². The summed E-state index contributed by atoms with van der Waals surface area (Å²) in [6.45, 7) is 0.421. The summed E-state index contributed by atoms with van der Waals surface area (Å²) in [4.78, 5) is 12.8. The Balaban J connectivity index is 1.76. The molecule has 1 atom stereocenters. The molecule has 0 bridgehead atoms. The fraction of sp³-hybridized carbons (Fsp3) is 0.333. The Morgan fingerprint density at radius 1 is 1.17 bits per heavy atom. The Morgan fingerprint density at radius 2 is 1.93 bits per heavy atom. The zero-order valence-electron chi connectivity index (χ0n) is 16.8. The van der Waals surface area contributed by atoms with Crippen LogP contribution in [0.4, 0.5) is 5.69 Å². The first kappa shape index (κ1) is 21.6. The quantitative estimate of drug-likeness (QED) is 0.756. The number of anilines is 1. The van der Waals surface area contributed by atoms with Crippen LogP contribution in [0.1, 0.15) is 18.4 Å². The molecule has 3 rings (SSSR count). The molecule has 1 heterocycles. The van der Waals surface area contributed by atoms with Gasteiger partial charge in [0.15, 0.2) is 11.5 Å². The number of piperidine rings is 1. The van der Waals surface area contributed by atoms with Gasteiger partial charge < -0.3 is 14.8 Å². The van der Waals surface area contributed by atoms with E-state index in [0.29, 0.717) is 42.1 Å². The molecule has 0 radical (unpaired) electrons. The Morgan fingerprint density at radius 3 is 2.63 bits per heavy atom. The van der Waals surface area contributed by atoms with E-state index in [9.17, 15) is 13.2 Å². The fourth-order valence-electron chi connectivity index (χ4n) is 3.41. The van der Waals surface area contributed by atoms with Gasteiger partial charge in [0.05, 0.1) is 36.7 Å². The SMILES string of the molecule is COc1ccc(S(=O)(=O)N2CCCC(C(=O)Nc3cccc(C#N)c3)C2)cc1OC. The van der Waals surface area contributed by atoms with Crippen molar-refractivity contribution < 1.29 is 22.7 Å². The maximum Gasteiger partial charge on any atom is 0.243 e. The van der Waals surface area contributed by atoms with Gasteiger partial charge in [0.25, 0.3) is 0 Å². The van der Waals surface area contributed by atoms with Gasteiger partial charge in [-0.15, -0.1) is 0 Å². The molecule has 1 amide bonds. The largest absolute Gasteiger partial charge is 0.493 e. The highest BCUT2D eigenvalue weighted by atomic mass is 32.2. The van der Waals surface area contributed by atoms with Gasteiger partial charge in [0, 0.05) is 24.8 Å². The van der Waals surface area contributed by atoms with E-state index in [4.69, 9.17) is 14.7 Å². The Bertz CT molecular complexity index is 1080. The van der Waals surface area contributed by atoms with Crippen molar-refractivity contribution in [1.29, 1.82) is 5.26 Å². The molecule has 2 aromatic rings. The summed E-state index contributed by atoms with van der Waals surface area (Å²) >= 11 is 0. The summed E-state index contributed by atoms with van der Waals surface area (Å²) in [7, 11) is -0.875. The van der Waals surface area contributed by atoms with E-state index in [2.05, 4.69) is 5.32 Å². The van der Waals surface area contributed by atoms with Crippen molar-refractivity contribution in [2.24, 2.45) is 5.92 Å². The first-order valence-corrected chi connectivity index (χ1v) is 10.9. The summed E-state index contributed by atoms with van der Waals surface area (Å²) in [5, 5.41) is 11.8. The maximum atomic E-state index is 13.1. The number of nitrogens with zero attached hydrogens (tertiary/aromatic N) is 2. The molecule has 0 aromatic heterocycles. The van der Waals surface area contributed by atoms with Crippen molar-refractivity contribution in [2.45, 2.75) is 17.7 Å². The molecule has 1 unspecified atom stereocenters. The van der Waals surface area contributed by atoms with E-state index >= 15 is 0 Å². The van der Waals surface area contributed by atoms with Gasteiger partial charge in [-0.05, 0) is 43.2 Å². The number of hydrogen-bond donors (Lipinski definition) is 1. The topological polar surface area (TPSA) is 109 Å². The summed E-state index contributed by atoms with van der Waals surface area (Å²) in [5.74, 6) is 0.00547. The lowest BCUT2D eigenvalue weighted by Gasteiger charge is -2.31. The summed E-state index contributed by atoms with van der Waals surface area (Å²) in [5.41, 5.74) is 0.952.